The molecule has 0 N–H and O–H groups in total. The zero-order valence-corrected chi connectivity index (χ0v) is 10.8. The molecule has 0 bridgehead atoms. The van der Waals surface area contributed by atoms with Crippen LogP contribution in [0.15, 0.2) is 18.2 Å². The van der Waals surface area contributed by atoms with E-state index in [0.717, 1.165) is 30.2 Å². The van der Waals surface area contributed by atoms with E-state index >= 15 is 0 Å². The highest BCUT2D eigenvalue weighted by molar-refractivity contribution is 6.01. The molecule has 5 nitrogen and oxygen atoms in total. The first-order valence-electron chi connectivity index (χ1n) is 5.78. The van der Waals surface area contributed by atoms with Crippen LogP contribution in [0.2, 0.25) is 0 Å². The molecule has 0 aliphatic carbocycles. The number of esters is 1. The number of amides is 1. The maximum Gasteiger partial charge on any atom is 0.416 e. The molecule has 1 unspecified atom stereocenters. The molecule has 8 heteroatoms. The first kappa shape index (κ1) is 14.8. The maximum absolute atomic E-state index is 12.7. The van der Waals surface area contributed by atoms with Crippen molar-refractivity contribution in [2.45, 2.75) is 12.2 Å². The molecule has 0 saturated heterocycles. The summed E-state index contributed by atoms with van der Waals surface area (Å²) in [5.41, 5.74) is -1.02. The van der Waals surface area contributed by atoms with E-state index in [2.05, 4.69) is 4.74 Å². The number of carbonyl (C=O) groups excluding carboxylic acids is 2. The van der Waals surface area contributed by atoms with E-state index in [9.17, 15) is 22.8 Å². The smallest absolute Gasteiger partial charge is 0.416 e. The molecule has 21 heavy (non-hydrogen) atoms. The highest BCUT2D eigenvalue weighted by Gasteiger charge is 2.40. The highest BCUT2D eigenvalue weighted by Crippen LogP contribution is 2.37. The van der Waals surface area contributed by atoms with Gasteiger partial charge in [0.15, 0.2) is 0 Å². The van der Waals surface area contributed by atoms with Crippen molar-refractivity contribution in [3.8, 4) is 6.07 Å². The monoisotopic (exact) mass is 298 g/mol. The SMILES string of the molecule is COC(=O)CN1C(=O)c2ccc(C(F)(F)F)cc2C1C#N. The lowest BCUT2D eigenvalue weighted by Gasteiger charge is -2.18. The van der Waals surface area contributed by atoms with Crippen molar-refractivity contribution < 1.29 is 27.5 Å². The predicted molar refractivity (Wildman–Crippen MR) is 62.9 cm³/mol. The van der Waals surface area contributed by atoms with Crippen LogP contribution in [0, 0.1) is 11.3 Å². The molecule has 0 saturated carbocycles. The predicted octanol–water partition coefficient (Wildman–Crippen LogP) is 1.90. The van der Waals surface area contributed by atoms with E-state index in [1.807, 2.05) is 0 Å². The Kier molecular flexibility index (Phi) is 3.60. The Labute approximate surface area is 117 Å². The van der Waals surface area contributed by atoms with Crippen molar-refractivity contribution in [2.24, 2.45) is 0 Å². The topological polar surface area (TPSA) is 70.4 Å². The van der Waals surface area contributed by atoms with Gasteiger partial charge in [-0.25, -0.2) is 0 Å². The van der Waals surface area contributed by atoms with Gasteiger partial charge in [0.2, 0.25) is 0 Å². The molecule has 1 aliphatic rings. The van der Waals surface area contributed by atoms with Crippen LogP contribution < -0.4 is 0 Å². The van der Waals surface area contributed by atoms with Gasteiger partial charge in [-0.3, -0.25) is 9.59 Å². The first-order chi connectivity index (χ1) is 9.79. The normalized spacial score (nSPS) is 17.4. The minimum absolute atomic E-state index is 0.0153. The third-order valence-corrected chi connectivity index (χ3v) is 3.13. The second-order valence-corrected chi connectivity index (χ2v) is 4.34. The number of rotatable bonds is 2. The van der Waals surface area contributed by atoms with Gasteiger partial charge in [-0.2, -0.15) is 18.4 Å². The van der Waals surface area contributed by atoms with Gasteiger partial charge in [-0.15, -0.1) is 0 Å². The van der Waals surface area contributed by atoms with Crippen LogP contribution in [0.5, 0.6) is 0 Å². The van der Waals surface area contributed by atoms with E-state index in [0.29, 0.717) is 0 Å². The molecule has 1 heterocycles. The Morgan fingerprint density at radius 1 is 1.48 bits per heavy atom. The molecule has 0 aromatic heterocycles. The fourth-order valence-electron chi connectivity index (χ4n) is 2.11. The van der Waals surface area contributed by atoms with Crippen LogP contribution in [-0.4, -0.2) is 30.4 Å². The van der Waals surface area contributed by atoms with Crippen molar-refractivity contribution in [1.29, 1.82) is 5.26 Å². The largest absolute Gasteiger partial charge is 0.468 e. The number of halogens is 3. The Morgan fingerprint density at radius 3 is 2.67 bits per heavy atom. The molecule has 1 aromatic rings. The molecule has 0 spiro atoms. The molecule has 0 fully saturated rings. The zero-order valence-electron chi connectivity index (χ0n) is 10.8. The van der Waals surface area contributed by atoms with Gasteiger partial charge in [-0.05, 0) is 18.2 Å². The molecule has 110 valence electrons. The average molecular weight is 298 g/mol. The van der Waals surface area contributed by atoms with Gasteiger partial charge in [-0.1, -0.05) is 0 Å². The van der Waals surface area contributed by atoms with Crippen LogP contribution in [0.4, 0.5) is 13.2 Å². The van der Waals surface area contributed by atoms with Gasteiger partial charge < -0.3 is 9.64 Å². The zero-order chi connectivity index (χ0) is 15.8. The summed E-state index contributed by atoms with van der Waals surface area (Å²) in [5.74, 6) is -1.43. The average Bonchev–Trinajstić information content (AvgIpc) is 2.70. The number of benzene rings is 1. The number of hydrogen-bond donors (Lipinski definition) is 0. The van der Waals surface area contributed by atoms with Crippen LogP contribution in [-0.2, 0) is 15.7 Å². The Morgan fingerprint density at radius 2 is 2.14 bits per heavy atom. The summed E-state index contributed by atoms with van der Waals surface area (Å²) in [6, 6.07) is 3.05. The second kappa shape index (κ2) is 5.09. The second-order valence-electron chi connectivity index (χ2n) is 4.34. The molecule has 0 radical (unpaired) electrons. The van der Waals surface area contributed by atoms with E-state index in [1.54, 1.807) is 6.07 Å². The molecule has 1 aliphatic heterocycles. The van der Waals surface area contributed by atoms with E-state index in [1.165, 1.54) is 0 Å². The van der Waals surface area contributed by atoms with Crippen LogP contribution in [0.25, 0.3) is 0 Å². The number of nitriles is 1. The fourth-order valence-corrected chi connectivity index (χ4v) is 2.11. The van der Waals surface area contributed by atoms with Gasteiger partial charge in [0.25, 0.3) is 5.91 Å². The molecular formula is C13H9F3N2O3. The molecule has 1 aromatic carbocycles. The lowest BCUT2D eigenvalue weighted by molar-refractivity contribution is -0.141. The minimum Gasteiger partial charge on any atom is -0.468 e. The Bertz CT molecular complexity index is 649. The summed E-state index contributed by atoms with van der Waals surface area (Å²) in [6.45, 7) is -0.496. The van der Waals surface area contributed by atoms with Gasteiger partial charge in [0.05, 0.1) is 18.7 Å². The number of methoxy groups -OCH3 is 1. The summed E-state index contributed by atoms with van der Waals surface area (Å²) in [5, 5.41) is 9.10. The van der Waals surface area contributed by atoms with Crippen molar-refractivity contribution in [2.75, 3.05) is 13.7 Å². The lowest BCUT2D eigenvalue weighted by atomic mass is 10.0. The fraction of sp³-hybridized carbons (Fsp3) is 0.308. The number of fused-ring (bicyclic) bond motifs is 1. The van der Waals surface area contributed by atoms with E-state index in [4.69, 9.17) is 5.26 Å². The third-order valence-electron chi connectivity index (χ3n) is 3.13. The van der Waals surface area contributed by atoms with Gasteiger partial charge in [0.1, 0.15) is 12.6 Å². The van der Waals surface area contributed by atoms with Crippen molar-refractivity contribution >= 4 is 11.9 Å². The highest BCUT2D eigenvalue weighted by atomic mass is 19.4. The Hall–Kier alpha value is -2.56. The number of hydrogen-bond acceptors (Lipinski definition) is 4. The number of ether oxygens (including phenoxy) is 1. The summed E-state index contributed by atoms with van der Waals surface area (Å²) < 4.78 is 42.5. The van der Waals surface area contributed by atoms with E-state index < -0.39 is 36.2 Å². The van der Waals surface area contributed by atoms with E-state index in [-0.39, 0.29) is 11.1 Å². The Balaban J connectivity index is 2.45. The van der Waals surface area contributed by atoms with Crippen LogP contribution in [0.3, 0.4) is 0 Å². The maximum atomic E-state index is 12.7. The first-order valence-corrected chi connectivity index (χ1v) is 5.78. The summed E-state index contributed by atoms with van der Waals surface area (Å²) in [6.07, 6.45) is -4.58. The van der Waals surface area contributed by atoms with Gasteiger partial charge in [0, 0.05) is 11.1 Å². The van der Waals surface area contributed by atoms with Crippen molar-refractivity contribution in [3.63, 3.8) is 0 Å². The summed E-state index contributed by atoms with van der Waals surface area (Å²) in [4.78, 5) is 24.2. The summed E-state index contributed by atoms with van der Waals surface area (Å²) >= 11 is 0. The summed E-state index contributed by atoms with van der Waals surface area (Å²) in [7, 11) is 1.11. The third kappa shape index (κ3) is 2.54. The number of nitrogens with zero attached hydrogens (tertiary/aromatic N) is 2. The quantitative estimate of drug-likeness (QED) is 0.782. The lowest BCUT2D eigenvalue weighted by Crippen LogP contribution is -2.33. The number of carbonyl (C=O) groups is 2. The van der Waals surface area contributed by atoms with Crippen LogP contribution >= 0.6 is 0 Å². The molecular weight excluding hydrogens is 289 g/mol. The standard InChI is InChI=1S/C13H9F3N2O3/c1-21-11(19)6-18-10(5-17)9-4-7(13(14,15)16)2-3-8(9)12(18)20/h2-4,10H,6H2,1H3. The van der Waals surface area contributed by atoms with Gasteiger partial charge >= 0.3 is 12.1 Å². The minimum atomic E-state index is -4.58. The van der Waals surface area contributed by atoms with Crippen LogP contribution in [0.1, 0.15) is 27.5 Å². The van der Waals surface area contributed by atoms with Crippen molar-refractivity contribution in [3.05, 3.63) is 34.9 Å². The van der Waals surface area contributed by atoms with Crippen molar-refractivity contribution in [1.82, 2.24) is 4.90 Å². The number of alkyl halides is 3. The molecule has 1 amide bonds. The molecule has 2 rings (SSSR count). The molecule has 1 atom stereocenters.